The van der Waals surface area contributed by atoms with Crippen molar-refractivity contribution in [2.45, 2.75) is 33.1 Å². The Morgan fingerprint density at radius 2 is 2.07 bits per heavy atom. The Morgan fingerprint density at radius 3 is 2.53 bits per heavy atom. The molecule has 1 heterocycles. The normalized spacial score (nSPS) is 18.5. The Hall–Kier alpha value is -0.610. The Morgan fingerprint density at radius 1 is 1.47 bits per heavy atom. The minimum atomic E-state index is 0.119. The molecule has 0 spiro atoms. The van der Waals surface area contributed by atoms with Crippen molar-refractivity contribution in [2.24, 2.45) is 17.7 Å². The second kappa shape index (κ2) is 6.08. The summed E-state index contributed by atoms with van der Waals surface area (Å²) in [6, 6.07) is 0. The van der Waals surface area contributed by atoms with Gasteiger partial charge in [0.1, 0.15) is 0 Å². The van der Waals surface area contributed by atoms with Gasteiger partial charge in [0.2, 0.25) is 5.91 Å². The van der Waals surface area contributed by atoms with Crippen molar-refractivity contribution >= 4 is 5.91 Å². The first-order valence-electron chi connectivity index (χ1n) is 5.75. The summed E-state index contributed by atoms with van der Waals surface area (Å²) in [6.07, 6.45) is 3.18. The maximum absolute atomic E-state index is 11.7. The van der Waals surface area contributed by atoms with Crippen LogP contribution in [0.25, 0.3) is 0 Å². The third kappa shape index (κ3) is 3.80. The SMILES string of the molecule is CC(C)C(=O)N1CCC(CCON)CC1. The summed E-state index contributed by atoms with van der Waals surface area (Å²) in [5.74, 6) is 6.07. The number of nitrogens with zero attached hydrogens (tertiary/aromatic N) is 1. The van der Waals surface area contributed by atoms with E-state index in [0.717, 1.165) is 32.4 Å². The molecule has 1 fully saturated rings. The topological polar surface area (TPSA) is 55.6 Å². The van der Waals surface area contributed by atoms with Crippen LogP contribution in [0.15, 0.2) is 0 Å². The van der Waals surface area contributed by atoms with Gasteiger partial charge in [-0.05, 0) is 25.2 Å². The quantitative estimate of drug-likeness (QED) is 0.714. The first-order chi connectivity index (χ1) is 7.15. The first kappa shape index (κ1) is 12.5. The van der Waals surface area contributed by atoms with Gasteiger partial charge in [-0.3, -0.25) is 4.79 Å². The first-order valence-corrected chi connectivity index (χ1v) is 5.75. The maximum atomic E-state index is 11.7. The van der Waals surface area contributed by atoms with Crippen molar-refractivity contribution < 1.29 is 9.63 Å². The molecule has 0 unspecified atom stereocenters. The summed E-state index contributed by atoms with van der Waals surface area (Å²) in [5.41, 5.74) is 0. The number of likely N-dealkylation sites (tertiary alicyclic amines) is 1. The van der Waals surface area contributed by atoms with Crippen molar-refractivity contribution in [1.29, 1.82) is 0 Å². The van der Waals surface area contributed by atoms with E-state index in [2.05, 4.69) is 4.84 Å². The molecule has 0 aromatic heterocycles. The van der Waals surface area contributed by atoms with Crippen molar-refractivity contribution in [1.82, 2.24) is 4.90 Å². The molecule has 1 saturated heterocycles. The lowest BCUT2D eigenvalue weighted by Gasteiger charge is -2.33. The second-order valence-electron chi connectivity index (χ2n) is 4.58. The molecule has 1 amide bonds. The summed E-state index contributed by atoms with van der Waals surface area (Å²) < 4.78 is 0. The lowest BCUT2D eigenvalue weighted by molar-refractivity contribution is -0.135. The molecule has 0 bridgehead atoms. The van der Waals surface area contributed by atoms with Crippen LogP contribution in [0.5, 0.6) is 0 Å². The molecule has 4 nitrogen and oxygen atoms in total. The third-order valence-corrected chi connectivity index (χ3v) is 3.06. The van der Waals surface area contributed by atoms with E-state index in [1.807, 2.05) is 18.7 Å². The molecule has 2 N–H and O–H groups in total. The fourth-order valence-electron chi connectivity index (χ4n) is 2.04. The Labute approximate surface area is 91.7 Å². The number of nitrogens with two attached hydrogens (primary N) is 1. The van der Waals surface area contributed by atoms with Crippen molar-refractivity contribution in [2.75, 3.05) is 19.7 Å². The third-order valence-electron chi connectivity index (χ3n) is 3.06. The molecule has 4 heteroatoms. The van der Waals surface area contributed by atoms with Gasteiger partial charge in [-0.15, -0.1) is 0 Å². The van der Waals surface area contributed by atoms with E-state index in [1.54, 1.807) is 0 Å². The number of piperidine rings is 1. The number of hydrogen-bond acceptors (Lipinski definition) is 3. The van der Waals surface area contributed by atoms with Gasteiger partial charge in [0.25, 0.3) is 0 Å². The highest BCUT2D eigenvalue weighted by Crippen LogP contribution is 2.21. The largest absolute Gasteiger partial charge is 0.342 e. The number of carbonyl (C=O) groups is 1. The average Bonchev–Trinajstić information content (AvgIpc) is 2.26. The highest BCUT2D eigenvalue weighted by Gasteiger charge is 2.23. The second-order valence-corrected chi connectivity index (χ2v) is 4.58. The molecular formula is C11H22N2O2. The lowest BCUT2D eigenvalue weighted by Crippen LogP contribution is -2.40. The highest BCUT2D eigenvalue weighted by molar-refractivity contribution is 5.78. The van der Waals surface area contributed by atoms with E-state index in [9.17, 15) is 4.79 Å². The van der Waals surface area contributed by atoms with Crippen LogP contribution in [0.3, 0.4) is 0 Å². The maximum Gasteiger partial charge on any atom is 0.225 e. The van der Waals surface area contributed by atoms with Gasteiger partial charge in [0.15, 0.2) is 0 Å². The standard InChI is InChI=1S/C11H22N2O2/c1-9(2)11(14)13-6-3-10(4-7-13)5-8-15-12/h9-10H,3-8,12H2,1-2H3. The Bertz CT molecular complexity index is 199. The summed E-state index contributed by atoms with van der Waals surface area (Å²) in [7, 11) is 0. The van der Waals surface area contributed by atoms with E-state index < -0.39 is 0 Å². The molecular weight excluding hydrogens is 192 g/mol. The zero-order valence-electron chi connectivity index (χ0n) is 9.74. The lowest BCUT2D eigenvalue weighted by atomic mass is 9.93. The number of hydrogen-bond donors (Lipinski definition) is 1. The number of amides is 1. The Balaban J connectivity index is 2.26. The van der Waals surface area contributed by atoms with E-state index in [-0.39, 0.29) is 11.8 Å². The van der Waals surface area contributed by atoms with Crippen LogP contribution >= 0.6 is 0 Å². The van der Waals surface area contributed by atoms with E-state index >= 15 is 0 Å². The zero-order chi connectivity index (χ0) is 11.3. The molecule has 1 rings (SSSR count). The molecule has 0 aliphatic carbocycles. The smallest absolute Gasteiger partial charge is 0.225 e. The summed E-state index contributed by atoms with van der Waals surface area (Å²) in [6.45, 7) is 6.33. The van der Waals surface area contributed by atoms with Gasteiger partial charge in [-0.25, -0.2) is 5.90 Å². The van der Waals surface area contributed by atoms with Crippen LogP contribution in [-0.4, -0.2) is 30.5 Å². The molecule has 0 aromatic rings. The van der Waals surface area contributed by atoms with Gasteiger partial charge in [0, 0.05) is 19.0 Å². The van der Waals surface area contributed by atoms with Crippen molar-refractivity contribution in [3.63, 3.8) is 0 Å². The predicted octanol–water partition coefficient (Wildman–Crippen LogP) is 1.16. The molecule has 15 heavy (non-hydrogen) atoms. The van der Waals surface area contributed by atoms with Crippen LogP contribution in [0.2, 0.25) is 0 Å². The fourth-order valence-corrected chi connectivity index (χ4v) is 2.04. The van der Waals surface area contributed by atoms with Crippen LogP contribution in [0.4, 0.5) is 0 Å². The molecule has 88 valence electrons. The number of rotatable bonds is 4. The van der Waals surface area contributed by atoms with Crippen LogP contribution in [0, 0.1) is 11.8 Å². The predicted molar refractivity (Wildman–Crippen MR) is 58.9 cm³/mol. The van der Waals surface area contributed by atoms with E-state index in [4.69, 9.17) is 5.90 Å². The fraction of sp³-hybridized carbons (Fsp3) is 0.909. The summed E-state index contributed by atoms with van der Waals surface area (Å²) >= 11 is 0. The highest BCUT2D eigenvalue weighted by atomic mass is 16.6. The van der Waals surface area contributed by atoms with Gasteiger partial charge in [-0.1, -0.05) is 13.8 Å². The van der Waals surface area contributed by atoms with Gasteiger partial charge in [-0.2, -0.15) is 0 Å². The zero-order valence-corrected chi connectivity index (χ0v) is 9.74. The van der Waals surface area contributed by atoms with Crippen LogP contribution in [-0.2, 0) is 9.63 Å². The van der Waals surface area contributed by atoms with Crippen LogP contribution in [0.1, 0.15) is 33.1 Å². The van der Waals surface area contributed by atoms with Crippen molar-refractivity contribution in [3.8, 4) is 0 Å². The van der Waals surface area contributed by atoms with Gasteiger partial charge >= 0.3 is 0 Å². The number of carbonyl (C=O) groups excluding carboxylic acids is 1. The van der Waals surface area contributed by atoms with Gasteiger partial charge < -0.3 is 9.74 Å². The molecule has 0 atom stereocenters. The average molecular weight is 214 g/mol. The van der Waals surface area contributed by atoms with Crippen LogP contribution < -0.4 is 5.90 Å². The molecule has 0 saturated carbocycles. The molecule has 0 radical (unpaired) electrons. The van der Waals surface area contributed by atoms with Gasteiger partial charge in [0.05, 0.1) is 6.61 Å². The minimum Gasteiger partial charge on any atom is -0.342 e. The minimum absolute atomic E-state index is 0.119. The summed E-state index contributed by atoms with van der Waals surface area (Å²) in [4.78, 5) is 18.3. The Kier molecular flexibility index (Phi) is 5.05. The molecule has 0 aromatic carbocycles. The van der Waals surface area contributed by atoms with E-state index in [0.29, 0.717) is 12.5 Å². The molecule has 1 aliphatic rings. The molecule has 1 aliphatic heterocycles. The van der Waals surface area contributed by atoms with E-state index in [1.165, 1.54) is 0 Å². The monoisotopic (exact) mass is 214 g/mol. The van der Waals surface area contributed by atoms with Crippen molar-refractivity contribution in [3.05, 3.63) is 0 Å². The summed E-state index contributed by atoms with van der Waals surface area (Å²) in [5, 5.41) is 0.